The summed E-state index contributed by atoms with van der Waals surface area (Å²) in [5.74, 6) is 0.0271. The highest BCUT2D eigenvalue weighted by atomic mass is 19.4. The minimum Gasteiger partial charge on any atom is -0.383 e. The smallest absolute Gasteiger partial charge is 0.383 e. The van der Waals surface area contributed by atoms with E-state index in [0.29, 0.717) is 24.1 Å². The highest BCUT2D eigenvalue weighted by Crippen LogP contribution is 2.32. The summed E-state index contributed by atoms with van der Waals surface area (Å²) < 4.78 is 48.3. The van der Waals surface area contributed by atoms with Gasteiger partial charge in [-0.1, -0.05) is 24.3 Å². The lowest BCUT2D eigenvalue weighted by Gasteiger charge is -2.12. The molecule has 0 atom stereocenters. The molecule has 0 fully saturated rings. The van der Waals surface area contributed by atoms with Gasteiger partial charge in [0, 0.05) is 36.2 Å². The molecule has 4 rings (SSSR count). The molecule has 0 bridgehead atoms. The summed E-state index contributed by atoms with van der Waals surface area (Å²) in [5.41, 5.74) is 1.93. The topological polar surface area (TPSA) is 61.4 Å². The van der Waals surface area contributed by atoms with Crippen LogP contribution in [0, 0.1) is 13.8 Å². The minimum absolute atomic E-state index is 0.0271. The Labute approximate surface area is 193 Å². The standard InChI is InChI=1S/C25H23F3N4O2/c1-16-13-19(17(2)31(16)11-12-34-3)15-29-32-23(18-7-6-8-20(14-18)25(26,27)28)30-22-10-5-4-9-21(22)24(32)33/h4-10,13-15H,11-12H2,1-3H3. The normalized spacial score (nSPS) is 12.2. The fourth-order valence-electron chi connectivity index (χ4n) is 3.86. The third-order valence-corrected chi connectivity index (χ3v) is 5.65. The maximum absolute atomic E-state index is 13.3. The van der Waals surface area contributed by atoms with Gasteiger partial charge in [-0.15, -0.1) is 0 Å². The maximum atomic E-state index is 13.3. The predicted octanol–water partition coefficient (Wildman–Crippen LogP) is 5.03. The van der Waals surface area contributed by atoms with E-state index in [1.165, 1.54) is 18.3 Å². The average molecular weight is 468 g/mol. The van der Waals surface area contributed by atoms with E-state index in [-0.39, 0.29) is 11.4 Å². The molecule has 176 valence electrons. The van der Waals surface area contributed by atoms with Crippen molar-refractivity contribution in [1.29, 1.82) is 0 Å². The zero-order valence-electron chi connectivity index (χ0n) is 18.9. The van der Waals surface area contributed by atoms with E-state index in [1.54, 1.807) is 31.4 Å². The summed E-state index contributed by atoms with van der Waals surface area (Å²) in [6.45, 7) is 5.09. The van der Waals surface area contributed by atoms with E-state index < -0.39 is 17.3 Å². The lowest BCUT2D eigenvalue weighted by Crippen LogP contribution is -2.20. The zero-order valence-corrected chi connectivity index (χ0v) is 18.9. The van der Waals surface area contributed by atoms with E-state index in [4.69, 9.17) is 4.74 Å². The van der Waals surface area contributed by atoms with Crippen molar-refractivity contribution in [2.75, 3.05) is 13.7 Å². The van der Waals surface area contributed by atoms with Crippen LogP contribution in [-0.2, 0) is 17.5 Å². The molecule has 2 aromatic heterocycles. The van der Waals surface area contributed by atoms with Gasteiger partial charge in [0.05, 0.1) is 29.3 Å². The number of hydrogen-bond acceptors (Lipinski definition) is 4. The second-order valence-corrected chi connectivity index (χ2v) is 7.86. The third kappa shape index (κ3) is 4.51. The number of rotatable bonds is 6. The summed E-state index contributed by atoms with van der Waals surface area (Å²) in [6, 6.07) is 13.3. The SMILES string of the molecule is COCCn1c(C)cc(C=Nn2c(-c3cccc(C(F)(F)F)c3)nc3ccccc3c2=O)c1C. The molecule has 0 spiro atoms. The summed E-state index contributed by atoms with van der Waals surface area (Å²) in [6.07, 6.45) is -3.00. The molecule has 2 aromatic carbocycles. The molecule has 0 N–H and O–H groups in total. The molecular formula is C25H23F3N4O2. The summed E-state index contributed by atoms with van der Waals surface area (Å²) >= 11 is 0. The molecule has 0 saturated heterocycles. The van der Waals surface area contributed by atoms with Gasteiger partial charge in [-0.05, 0) is 44.2 Å². The van der Waals surface area contributed by atoms with Gasteiger partial charge in [0.1, 0.15) is 0 Å². The number of halogens is 3. The molecule has 0 amide bonds. The lowest BCUT2D eigenvalue weighted by molar-refractivity contribution is -0.137. The fourth-order valence-corrected chi connectivity index (χ4v) is 3.86. The number of aryl methyl sites for hydroxylation is 1. The zero-order chi connectivity index (χ0) is 24.5. The number of fused-ring (bicyclic) bond motifs is 1. The first-order chi connectivity index (χ1) is 16.2. The Morgan fingerprint density at radius 1 is 1.09 bits per heavy atom. The third-order valence-electron chi connectivity index (χ3n) is 5.65. The Bertz CT molecular complexity index is 1430. The molecule has 2 heterocycles. The number of aromatic nitrogens is 3. The van der Waals surface area contributed by atoms with Crippen molar-refractivity contribution in [3.8, 4) is 11.4 Å². The van der Waals surface area contributed by atoms with Gasteiger partial charge in [0.15, 0.2) is 5.82 Å². The molecule has 6 nitrogen and oxygen atoms in total. The van der Waals surface area contributed by atoms with Crippen LogP contribution >= 0.6 is 0 Å². The van der Waals surface area contributed by atoms with E-state index in [1.807, 2.05) is 19.9 Å². The lowest BCUT2D eigenvalue weighted by atomic mass is 10.1. The van der Waals surface area contributed by atoms with E-state index >= 15 is 0 Å². The first-order valence-electron chi connectivity index (χ1n) is 10.6. The number of para-hydroxylation sites is 1. The molecule has 0 unspecified atom stereocenters. The van der Waals surface area contributed by atoms with Crippen molar-refractivity contribution >= 4 is 17.1 Å². The van der Waals surface area contributed by atoms with Gasteiger partial charge in [-0.3, -0.25) is 4.79 Å². The summed E-state index contributed by atoms with van der Waals surface area (Å²) in [4.78, 5) is 17.8. The number of benzene rings is 2. The first-order valence-corrected chi connectivity index (χ1v) is 10.6. The van der Waals surface area contributed by atoms with Gasteiger partial charge >= 0.3 is 6.18 Å². The van der Waals surface area contributed by atoms with Crippen LogP contribution in [-0.4, -0.2) is 34.2 Å². The van der Waals surface area contributed by atoms with Crippen LogP contribution in [0.4, 0.5) is 13.2 Å². The van der Waals surface area contributed by atoms with Crippen molar-refractivity contribution < 1.29 is 17.9 Å². The van der Waals surface area contributed by atoms with Crippen LogP contribution in [0.5, 0.6) is 0 Å². The number of methoxy groups -OCH3 is 1. The molecular weight excluding hydrogens is 445 g/mol. The molecule has 0 saturated carbocycles. The van der Waals surface area contributed by atoms with Gasteiger partial charge in [0.25, 0.3) is 5.56 Å². The van der Waals surface area contributed by atoms with E-state index in [2.05, 4.69) is 14.7 Å². The summed E-state index contributed by atoms with van der Waals surface area (Å²) in [5, 5.41) is 4.70. The Hall–Kier alpha value is -3.72. The van der Waals surface area contributed by atoms with Crippen molar-refractivity contribution in [3.05, 3.63) is 87.5 Å². The highest BCUT2D eigenvalue weighted by Gasteiger charge is 2.31. The minimum atomic E-state index is -4.53. The van der Waals surface area contributed by atoms with Crippen LogP contribution in [0.15, 0.2) is 64.5 Å². The number of nitrogens with zero attached hydrogens (tertiary/aromatic N) is 4. The Morgan fingerprint density at radius 2 is 1.85 bits per heavy atom. The Morgan fingerprint density at radius 3 is 2.59 bits per heavy atom. The van der Waals surface area contributed by atoms with Crippen molar-refractivity contribution in [2.24, 2.45) is 5.10 Å². The van der Waals surface area contributed by atoms with Gasteiger partial charge < -0.3 is 9.30 Å². The van der Waals surface area contributed by atoms with Crippen LogP contribution in [0.3, 0.4) is 0 Å². The fraction of sp³-hybridized carbons (Fsp3) is 0.240. The highest BCUT2D eigenvalue weighted by molar-refractivity contribution is 5.83. The maximum Gasteiger partial charge on any atom is 0.416 e. The quantitative estimate of drug-likeness (QED) is 0.373. The van der Waals surface area contributed by atoms with Crippen LogP contribution in [0.2, 0.25) is 0 Å². The monoisotopic (exact) mass is 468 g/mol. The molecule has 0 aliphatic carbocycles. The van der Waals surface area contributed by atoms with Crippen LogP contribution in [0.1, 0.15) is 22.5 Å². The number of ether oxygens (including phenoxy) is 1. The average Bonchev–Trinajstić information content (AvgIpc) is 3.08. The second kappa shape index (κ2) is 9.26. The Kier molecular flexibility index (Phi) is 6.39. The number of alkyl halides is 3. The van der Waals surface area contributed by atoms with Crippen molar-refractivity contribution in [2.45, 2.75) is 26.6 Å². The largest absolute Gasteiger partial charge is 0.416 e. The van der Waals surface area contributed by atoms with E-state index in [9.17, 15) is 18.0 Å². The van der Waals surface area contributed by atoms with Crippen LogP contribution < -0.4 is 5.56 Å². The molecule has 0 radical (unpaired) electrons. The molecule has 9 heteroatoms. The predicted molar refractivity (Wildman–Crippen MR) is 125 cm³/mol. The van der Waals surface area contributed by atoms with Gasteiger partial charge in [-0.25, -0.2) is 4.98 Å². The van der Waals surface area contributed by atoms with Crippen molar-refractivity contribution in [1.82, 2.24) is 14.2 Å². The van der Waals surface area contributed by atoms with Gasteiger partial charge in [0.2, 0.25) is 0 Å². The molecule has 34 heavy (non-hydrogen) atoms. The molecule has 4 aromatic rings. The number of hydrogen-bond donors (Lipinski definition) is 0. The second-order valence-electron chi connectivity index (χ2n) is 7.86. The molecule has 0 aliphatic heterocycles. The van der Waals surface area contributed by atoms with E-state index in [0.717, 1.165) is 33.8 Å². The first kappa shape index (κ1) is 23.4. The van der Waals surface area contributed by atoms with Crippen molar-refractivity contribution in [3.63, 3.8) is 0 Å². The Balaban J connectivity index is 1.88. The molecule has 0 aliphatic rings. The van der Waals surface area contributed by atoms with Gasteiger partial charge in [-0.2, -0.15) is 22.9 Å². The summed E-state index contributed by atoms with van der Waals surface area (Å²) in [7, 11) is 1.63. The van der Waals surface area contributed by atoms with Crippen LogP contribution in [0.25, 0.3) is 22.3 Å².